The topological polar surface area (TPSA) is 81.4 Å². The van der Waals surface area contributed by atoms with Crippen LogP contribution < -0.4 is 10.1 Å². The normalized spacial score (nSPS) is 10.9. The quantitative estimate of drug-likeness (QED) is 0.541. The number of methoxy groups -OCH3 is 1. The summed E-state index contributed by atoms with van der Waals surface area (Å²) in [5, 5.41) is 16.2. The van der Waals surface area contributed by atoms with Crippen molar-refractivity contribution in [3.63, 3.8) is 0 Å². The van der Waals surface area contributed by atoms with Gasteiger partial charge in [-0.25, -0.2) is 4.52 Å². The number of anilines is 1. The Labute approximate surface area is 174 Å². The molecule has 2 aromatic carbocycles. The van der Waals surface area contributed by atoms with Crippen LogP contribution in [0, 0.1) is 13.8 Å². The van der Waals surface area contributed by atoms with E-state index >= 15 is 0 Å². The van der Waals surface area contributed by atoms with Gasteiger partial charge in [-0.05, 0) is 55.7 Å². The molecule has 4 aromatic rings. The highest BCUT2D eigenvalue weighted by molar-refractivity contribution is 6.03. The standard InChI is InChI=1S/C23H23N5O2/c1-5-19-20(16-9-11-18(30-4)12-10-16)22-26-25-21(15(3)28(22)27-19)23(29)24-17-8-6-7-14(2)13-17/h6-13H,5H2,1-4H3,(H,24,29). The fourth-order valence-corrected chi connectivity index (χ4v) is 3.47. The summed E-state index contributed by atoms with van der Waals surface area (Å²) >= 11 is 0. The van der Waals surface area contributed by atoms with Crippen molar-refractivity contribution in [1.29, 1.82) is 0 Å². The number of aromatic nitrogens is 4. The Morgan fingerprint density at radius 3 is 2.53 bits per heavy atom. The maximum Gasteiger partial charge on any atom is 0.278 e. The van der Waals surface area contributed by atoms with Crippen molar-refractivity contribution in [3.8, 4) is 16.9 Å². The van der Waals surface area contributed by atoms with Gasteiger partial charge in [0, 0.05) is 5.69 Å². The predicted molar refractivity (Wildman–Crippen MR) is 116 cm³/mol. The highest BCUT2D eigenvalue weighted by atomic mass is 16.5. The van der Waals surface area contributed by atoms with E-state index in [9.17, 15) is 4.79 Å². The zero-order chi connectivity index (χ0) is 21.3. The molecule has 152 valence electrons. The summed E-state index contributed by atoms with van der Waals surface area (Å²) in [6.45, 7) is 5.85. The molecule has 30 heavy (non-hydrogen) atoms. The molecule has 0 atom stereocenters. The molecule has 2 heterocycles. The van der Waals surface area contributed by atoms with Crippen LogP contribution in [0.15, 0.2) is 48.5 Å². The van der Waals surface area contributed by atoms with Gasteiger partial charge in [0.2, 0.25) is 0 Å². The van der Waals surface area contributed by atoms with Gasteiger partial charge >= 0.3 is 0 Å². The second kappa shape index (κ2) is 7.94. The monoisotopic (exact) mass is 401 g/mol. The van der Waals surface area contributed by atoms with Gasteiger partial charge in [0.15, 0.2) is 11.3 Å². The van der Waals surface area contributed by atoms with Gasteiger partial charge in [-0.1, -0.05) is 31.2 Å². The summed E-state index contributed by atoms with van der Waals surface area (Å²) in [5.41, 5.74) is 6.09. The van der Waals surface area contributed by atoms with Gasteiger partial charge in [0.25, 0.3) is 5.91 Å². The van der Waals surface area contributed by atoms with Crippen molar-refractivity contribution in [2.45, 2.75) is 27.2 Å². The molecule has 0 saturated carbocycles. The van der Waals surface area contributed by atoms with Crippen LogP contribution in [0.3, 0.4) is 0 Å². The van der Waals surface area contributed by atoms with E-state index in [-0.39, 0.29) is 11.6 Å². The maximum atomic E-state index is 12.8. The second-order valence-corrected chi connectivity index (χ2v) is 7.10. The first-order valence-electron chi connectivity index (χ1n) is 9.79. The Balaban J connectivity index is 1.76. The molecule has 7 nitrogen and oxygen atoms in total. The maximum absolute atomic E-state index is 12.8. The number of hydrogen-bond donors (Lipinski definition) is 1. The molecule has 0 aliphatic heterocycles. The number of hydrogen-bond acceptors (Lipinski definition) is 5. The lowest BCUT2D eigenvalue weighted by Gasteiger charge is -2.08. The fraction of sp³-hybridized carbons (Fsp3) is 0.217. The van der Waals surface area contributed by atoms with Gasteiger partial charge < -0.3 is 10.1 Å². The average molecular weight is 401 g/mol. The van der Waals surface area contributed by atoms with Crippen molar-refractivity contribution >= 4 is 17.2 Å². The van der Waals surface area contributed by atoms with E-state index < -0.39 is 0 Å². The Kier molecular flexibility index (Phi) is 5.18. The first kappa shape index (κ1) is 19.6. The van der Waals surface area contributed by atoms with Gasteiger partial charge in [0.05, 0.1) is 24.1 Å². The third-order valence-corrected chi connectivity index (χ3v) is 5.04. The first-order chi connectivity index (χ1) is 14.5. The summed E-state index contributed by atoms with van der Waals surface area (Å²) in [5.74, 6) is 0.470. The number of rotatable bonds is 5. The van der Waals surface area contributed by atoms with E-state index in [0.29, 0.717) is 11.3 Å². The number of benzene rings is 2. The second-order valence-electron chi connectivity index (χ2n) is 7.10. The van der Waals surface area contributed by atoms with Crippen LogP contribution in [0.2, 0.25) is 0 Å². The van der Waals surface area contributed by atoms with Gasteiger partial charge in [-0.15, -0.1) is 10.2 Å². The molecule has 2 aromatic heterocycles. The van der Waals surface area contributed by atoms with Crippen molar-refractivity contribution in [2.75, 3.05) is 12.4 Å². The summed E-state index contributed by atoms with van der Waals surface area (Å²) in [4.78, 5) is 12.8. The summed E-state index contributed by atoms with van der Waals surface area (Å²) in [6, 6.07) is 15.4. The first-order valence-corrected chi connectivity index (χ1v) is 9.79. The molecule has 0 aliphatic carbocycles. The Bertz CT molecular complexity index is 1230. The molecule has 0 unspecified atom stereocenters. The molecule has 0 bridgehead atoms. The highest BCUT2D eigenvalue weighted by Gasteiger charge is 2.21. The minimum absolute atomic E-state index is 0.246. The number of aryl methyl sites for hydroxylation is 3. The van der Waals surface area contributed by atoms with Crippen LogP contribution in [0.4, 0.5) is 5.69 Å². The predicted octanol–water partition coefficient (Wildman–Crippen LogP) is 4.23. The molecule has 7 heteroatoms. The SMILES string of the molecule is CCc1nn2c(C)c(C(=O)Nc3cccc(C)c3)nnc2c1-c1ccc(OC)cc1. The molecule has 1 amide bonds. The smallest absolute Gasteiger partial charge is 0.278 e. The number of ether oxygens (including phenoxy) is 1. The molecular formula is C23H23N5O2. The van der Waals surface area contributed by atoms with E-state index in [1.165, 1.54) is 0 Å². The van der Waals surface area contributed by atoms with Crippen LogP contribution in [-0.2, 0) is 6.42 Å². The Morgan fingerprint density at radius 1 is 1.10 bits per heavy atom. The number of nitrogens with zero attached hydrogens (tertiary/aromatic N) is 4. The fourth-order valence-electron chi connectivity index (χ4n) is 3.47. The number of amides is 1. The van der Waals surface area contributed by atoms with E-state index in [1.54, 1.807) is 11.6 Å². The Morgan fingerprint density at radius 2 is 1.87 bits per heavy atom. The highest BCUT2D eigenvalue weighted by Crippen LogP contribution is 2.30. The summed E-state index contributed by atoms with van der Waals surface area (Å²) in [6.07, 6.45) is 0.731. The van der Waals surface area contributed by atoms with Crippen molar-refractivity contribution in [2.24, 2.45) is 0 Å². The lowest BCUT2D eigenvalue weighted by Crippen LogP contribution is -2.18. The summed E-state index contributed by atoms with van der Waals surface area (Å²) < 4.78 is 6.96. The molecular weight excluding hydrogens is 378 g/mol. The third-order valence-electron chi connectivity index (χ3n) is 5.04. The van der Waals surface area contributed by atoms with Crippen LogP contribution in [0.5, 0.6) is 5.75 Å². The lowest BCUT2D eigenvalue weighted by atomic mass is 10.0. The minimum atomic E-state index is -0.313. The lowest BCUT2D eigenvalue weighted by molar-refractivity contribution is 0.102. The molecule has 0 radical (unpaired) electrons. The van der Waals surface area contributed by atoms with Gasteiger partial charge in [-0.3, -0.25) is 4.79 Å². The largest absolute Gasteiger partial charge is 0.497 e. The number of carbonyl (C=O) groups is 1. The Hall–Kier alpha value is -3.74. The number of nitrogens with one attached hydrogen (secondary N) is 1. The summed E-state index contributed by atoms with van der Waals surface area (Å²) in [7, 11) is 1.64. The molecule has 0 spiro atoms. The van der Waals surface area contributed by atoms with Crippen molar-refractivity contribution < 1.29 is 9.53 Å². The van der Waals surface area contributed by atoms with Crippen LogP contribution in [-0.4, -0.2) is 32.8 Å². The number of fused-ring (bicyclic) bond motifs is 1. The van der Waals surface area contributed by atoms with Crippen LogP contribution >= 0.6 is 0 Å². The average Bonchev–Trinajstić information content (AvgIpc) is 3.13. The third kappa shape index (κ3) is 3.50. The van der Waals surface area contributed by atoms with Crippen molar-refractivity contribution in [3.05, 3.63) is 71.2 Å². The van der Waals surface area contributed by atoms with Crippen LogP contribution in [0.1, 0.15) is 34.4 Å². The van der Waals surface area contributed by atoms with Crippen molar-refractivity contribution in [1.82, 2.24) is 19.8 Å². The minimum Gasteiger partial charge on any atom is -0.497 e. The molecule has 0 saturated heterocycles. The van der Waals surface area contributed by atoms with Gasteiger partial charge in [0.1, 0.15) is 5.75 Å². The zero-order valence-corrected chi connectivity index (χ0v) is 17.4. The number of carbonyl (C=O) groups excluding carboxylic acids is 1. The van der Waals surface area contributed by atoms with E-state index in [1.807, 2.05) is 69.3 Å². The molecule has 1 N–H and O–H groups in total. The van der Waals surface area contributed by atoms with E-state index in [4.69, 9.17) is 9.84 Å². The van der Waals surface area contributed by atoms with E-state index in [2.05, 4.69) is 15.5 Å². The van der Waals surface area contributed by atoms with Gasteiger partial charge in [-0.2, -0.15) is 5.10 Å². The molecule has 0 fully saturated rings. The van der Waals surface area contributed by atoms with Crippen LogP contribution in [0.25, 0.3) is 16.8 Å². The zero-order valence-electron chi connectivity index (χ0n) is 17.4. The van der Waals surface area contributed by atoms with E-state index in [0.717, 1.165) is 40.2 Å². The molecule has 4 rings (SSSR count). The molecule has 0 aliphatic rings.